The fourth-order valence-corrected chi connectivity index (χ4v) is 2.38. The molecule has 0 radical (unpaired) electrons. The number of benzene rings is 2. The van der Waals surface area contributed by atoms with Crippen LogP contribution in [0, 0.1) is 5.82 Å². The zero-order valence-electron chi connectivity index (χ0n) is 11.5. The number of H-pyrrole nitrogens is 1. The third-order valence-corrected chi connectivity index (χ3v) is 3.71. The number of anilines is 2. The van der Waals surface area contributed by atoms with Gasteiger partial charge in [-0.25, -0.2) is 14.2 Å². The van der Waals surface area contributed by atoms with Gasteiger partial charge in [-0.15, -0.1) is 0 Å². The molecule has 0 aliphatic rings. The van der Waals surface area contributed by atoms with Crippen LogP contribution >= 0.6 is 15.9 Å². The number of hydrogen-bond donors (Lipinski definition) is 2. The van der Waals surface area contributed by atoms with Crippen molar-refractivity contribution in [1.29, 1.82) is 0 Å². The zero-order chi connectivity index (χ0) is 15.7. The summed E-state index contributed by atoms with van der Waals surface area (Å²) in [5.41, 5.74) is 1.37. The van der Waals surface area contributed by atoms with E-state index in [1.165, 1.54) is 19.5 Å². The van der Waals surface area contributed by atoms with Crippen LogP contribution < -0.4 is 5.32 Å². The van der Waals surface area contributed by atoms with Crippen LogP contribution in [0.2, 0.25) is 0 Å². The monoisotopic (exact) mass is 363 g/mol. The molecular weight excluding hydrogens is 353 g/mol. The van der Waals surface area contributed by atoms with E-state index in [1.807, 2.05) is 12.1 Å². The Labute approximate surface area is 133 Å². The fraction of sp³-hybridized carbons (Fsp3) is 0.0667. The second-order valence-electron chi connectivity index (χ2n) is 4.53. The highest BCUT2D eigenvalue weighted by Crippen LogP contribution is 2.30. The Balaban J connectivity index is 2.14. The summed E-state index contributed by atoms with van der Waals surface area (Å²) in [6, 6.07) is 8.64. The van der Waals surface area contributed by atoms with Crippen molar-refractivity contribution in [1.82, 2.24) is 9.97 Å². The molecule has 2 N–H and O–H groups in total. The third kappa shape index (κ3) is 2.55. The number of fused-ring (bicyclic) bond motifs is 1. The van der Waals surface area contributed by atoms with Gasteiger partial charge in [-0.2, -0.15) is 0 Å². The molecule has 22 heavy (non-hydrogen) atoms. The van der Waals surface area contributed by atoms with Crippen LogP contribution in [0.3, 0.4) is 0 Å². The van der Waals surface area contributed by atoms with Crippen molar-refractivity contribution < 1.29 is 13.9 Å². The molecular formula is C15H11BrFN3O2. The van der Waals surface area contributed by atoms with Crippen LogP contribution in [0.5, 0.6) is 0 Å². The molecule has 0 fully saturated rings. The first-order valence-corrected chi connectivity index (χ1v) is 7.16. The normalized spacial score (nSPS) is 10.7. The standard InChI is InChI=1S/C15H11BrFN3O2/c1-22-15(21)10-6-11-14(19-7-18-11)12(17)13(10)20-9-4-2-8(16)3-5-9/h2-7,20H,1H3,(H,18,19). The largest absolute Gasteiger partial charge is 0.465 e. The molecule has 0 amide bonds. The first-order chi connectivity index (χ1) is 10.6. The number of hydrogen-bond acceptors (Lipinski definition) is 4. The molecule has 0 aliphatic carbocycles. The minimum absolute atomic E-state index is 0.0472. The number of rotatable bonds is 3. The maximum atomic E-state index is 14.7. The van der Waals surface area contributed by atoms with E-state index in [9.17, 15) is 9.18 Å². The number of nitrogens with one attached hydrogen (secondary N) is 2. The van der Waals surface area contributed by atoms with Crippen molar-refractivity contribution in [2.45, 2.75) is 0 Å². The van der Waals surface area contributed by atoms with Crippen molar-refractivity contribution in [2.75, 3.05) is 12.4 Å². The van der Waals surface area contributed by atoms with Crippen molar-refractivity contribution in [2.24, 2.45) is 0 Å². The van der Waals surface area contributed by atoms with Gasteiger partial charge in [0.05, 0.1) is 30.2 Å². The number of aromatic amines is 1. The van der Waals surface area contributed by atoms with Gasteiger partial charge in [-0.3, -0.25) is 0 Å². The van der Waals surface area contributed by atoms with Crippen molar-refractivity contribution in [3.8, 4) is 0 Å². The number of aromatic nitrogens is 2. The van der Waals surface area contributed by atoms with E-state index in [1.54, 1.807) is 12.1 Å². The van der Waals surface area contributed by atoms with Gasteiger partial charge in [0, 0.05) is 10.2 Å². The Hall–Kier alpha value is -2.41. The van der Waals surface area contributed by atoms with Crippen LogP contribution in [-0.4, -0.2) is 23.0 Å². The van der Waals surface area contributed by atoms with Gasteiger partial charge >= 0.3 is 5.97 Å². The van der Waals surface area contributed by atoms with E-state index in [0.717, 1.165) is 4.47 Å². The Bertz CT molecular complexity index is 846. The predicted octanol–water partition coefficient (Wildman–Crippen LogP) is 3.99. The van der Waals surface area contributed by atoms with E-state index in [4.69, 9.17) is 4.74 Å². The second-order valence-corrected chi connectivity index (χ2v) is 5.45. The van der Waals surface area contributed by atoms with Gasteiger partial charge in [-0.05, 0) is 30.3 Å². The molecule has 3 rings (SSSR count). The van der Waals surface area contributed by atoms with Crippen LogP contribution in [0.25, 0.3) is 11.0 Å². The van der Waals surface area contributed by atoms with Crippen LogP contribution in [0.1, 0.15) is 10.4 Å². The van der Waals surface area contributed by atoms with Crippen molar-refractivity contribution in [3.05, 3.63) is 52.5 Å². The molecule has 112 valence electrons. The highest BCUT2D eigenvalue weighted by atomic mass is 79.9. The van der Waals surface area contributed by atoms with Gasteiger partial charge < -0.3 is 15.0 Å². The summed E-state index contributed by atoms with van der Waals surface area (Å²) in [6.07, 6.45) is 1.37. The number of ether oxygens (including phenoxy) is 1. The number of methoxy groups -OCH3 is 1. The lowest BCUT2D eigenvalue weighted by Crippen LogP contribution is -2.08. The van der Waals surface area contributed by atoms with E-state index in [2.05, 4.69) is 31.2 Å². The SMILES string of the molecule is COC(=O)c1cc2nc[nH]c2c(F)c1Nc1ccc(Br)cc1. The Morgan fingerprint density at radius 2 is 2.09 bits per heavy atom. The summed E-state index contributed by atoms with van der Waals surface area (Å²) >= 11 is 3.33. The van der Waals surface area contributed by atoms with Crippen LogP contribution in [-0.2, 0) is 4.74 Å². The van der Waals surface area contributed by atoms with E-state index >= 15 is 0 Å². The lowest BCUT2D eigenvalue weighted by atomic mass is 10.1. The average molecular weight is 364 g/mol. The smallest absolute Gasteiger partial charge is 0.340 e. The number of esters is 1. The summed E-state index contributed by atoms with van der Waals surface area (Å²) < 4.78 is 20.3. The molecule has 0 saturated heterocycles. The molecule has 1 aromatic heterocycles. The second kappa shape index (κ2) is 5.76. The van der Waals surface area contributed by atoms with Gasteiger partial charge in [0.1, 0.15) is 5.52 Å². The van der Waals surface area contributed by atoms with Gasteiger partial charge in [-0.1, -0.05) is 15.9 Å². The van der Waals surface area contributed by atoms with Crippen LogP contribution in [0.15, 0.2) is 41.1 Å². The van der Waals surface area contributed by atoms with E-state index in [-0.39, 0.29) is 16.8 Å². The molecule has 0 spiro atoms. The summed E-state index contributed by atoms with van der Waals surface area (Å²) in [5.74, 6) is -1.22. The molecule has 5 nitrogen and oxygen atoms in total. The Kier molecular flexibility index (Phi) is 3.81. The summed E-state index contributed by atoms with van der Waals surface area (Å²) in [5, 5.41) is 2.92. The predicted molar refractivity (Wildman–Crippen MR) is 84.8 cm³/mol. The molecule has 0 saturated carbocycles. The molecule has 7 heteroatoms. The van der Waals surface area contributed by atoms with Gasteiger partial charge in [0.15, 0.2) is 5.82 Å². The number of imidazole rings is 1. The zero-order valence-corrected chi connectivity index (χ0v) is 13.1. The summed E-state index contributed by atoms with van der Waals surface area (Å²) in [6.45, 7) is 0. The quantitative estimate of drug-likeness (QED) is 0.690. The molecule has 1 heterocycles. The molecule has 3 aromatic rings. The first-order valence-electron chi connectivity index (χ1n) is 6.36. The molecule has 0 aliphatic heterocycles. The summed E-state index contributed by atoms with van der Waals surface area (Å²) in [4.78, 5) is 18.6. The molecule has 0 unspecified atom stereocenters. The Morgan fingerprint density at radius 1 is 1.36 bits per heavy atom. The third-order valence-electron chi connectivity index (χ3n) is 3.18. The van der Waals surface area contributed by atoms with Crippen molar-refractivity contribution >= 4 is 44.3 Å². The number of halogens is 2. The average Bonchev–Trinajstić information content (AvgIpc) is 3.00. The number of nitrogens with zero attached hydrogens (tertiary/aromatic N) is 1. The lowest BCUT2D eigenvalue weighted by Gasteiger charge is -2.12. The lowest BCUT2D eigenvalue weighted by molar-refractivity contribution is 0.0601. The summed E-state index contributed by atoms with van der Waals surface area (Å²) in [7, 11) is 1.25. The van der Waals surface area contributed by atoms with E-state index in [0.29, 0.717) is 11.2 Å². The molecule has 0 bridgehead atoms. The van der Waals surface area contributed by atoms with E-state index < -0.39 is 11.8 Å². The first kappa shape index (κ1) is 14.5. The van der Waals surface area contributed by atoms with Gasteiger partial charge in [0.25, 0.3) is 0 Å². The number of carbonyl (C=O) groups is 1. The maximum Gasteiger partial charge on any atom is 0.340 e. The molecule has 2 aromatic carbocycles. The highest BCUT2D eigenvalue weighted by molar-refractivity contribution is 9.10. The Morgan fingerprint density at radius 3 is 2.77 bits per heavy atom. The number of carbonyl (C=O) groups excluding carboxylic acids is 1. The fourth-order valence-electron chi connectivity index (χ4n) is 2.11. The minimum Gasteiger partial charge on any atom is -0.465 e. The van der Waals surface area contributed by atoms with Crippen LogP contribution in [0.4, 0.5) is 15.8 Å². The molecule has 0 atom stereocenters. The van der Waals surface area contributed by atoms with Gasteiger partial charge in [0.2, 0.25) is 0 Å². The minimum atomic E-state index is -0.636. The van der Waals surface area contributed by atoms with Crippen molar-refractivity contribution in [3.63, 3.8) is 0 Å². The topological polar surface area (TPSA) is 67.0 Å². The highest BCUT2D eigenvalue weighted by Gasteiger charge is 2.20. The maximum absolute atomic E-state index is 14.7.